The second kappa shape index (κ2) is 7.56. The molecular formula is C15H18BrN3O4. The monoisotopic (exact) mass is 383 g/mol. The molecule has 0 saturated carbocycles. The van der Waals surface area contributed by atoms with Crippen molar-refractivity contribution in [3.05, 3.63) is 22.2 Å². The van der Waals surface area contributed by atoms with Gasteiger partial charge < -0.3 is 19.9 Å². The summed E-state index contributed by atoms with van der Waals surface area (Å²) in [5.41, 5.74) is 7.89. The molecule has 1 heterocycles. The van der Waals surface area contributed by atoms with Crippen molar-refractivity contribution in [1.29, 1.82) is 0 Å². The molecule has 2 rings (SSSR count). The maximum absolute atomic E-state index is 11.8. The first kappa shape index (κ1) is 17.4. The Bertz CT molecular complexity index is 723. The quantitative estimate of drug-likeness (QED) is 0.759. The molecule has 0 aliphatic rings. The van der Waals surface area contributed by atoms with E-state index >= 15 is 0 Å². The number of ether oxygens (including phenoxy) is 3. The fourth-order valence-electron chi connectivity index (χ4n) is 2.15. The number of hydrogen-bond donors (Lipinski definition) is 1. The van der Waals surface area contributed by atoms with Gasteiger partial charge in [0.2, 0.25) is 0 Å². The van der Waals surface area contributed by atoms with Crippen LogP contribution in [0.2, 0.25) is 0 Å². The molecule has 0 amide bonds. The largest absolute Gasteiger partial charge is 0.477 e. The van der Waals surface area contributed by atoms with Crippen molar-refractivity contribution in [2.24, 2.45) is 5.73 Å². The van der Waals surface area contributed by atoms with Crippen molar-refractivity contribution < 1.29 is 19.0 Å². The summed E-state index contributed by atoms with van der Waals surface area (Å²) < 4.78 is 16.1. The Labute approximate surface area is 142 Å². The molecule has 124 valence electrons. The van der Waals surface area contributed by atoms with E-state index in [1.165, 1.54) is 14.2 Å². The first-order chi connectivity index (χ1) is 11.0. The number of nitrogens with two attached hydrogens (primary N) is 1. The van der Waals surface area contributed by atoms with E-state index in [1.54, 1.807) is 6.92 Å². The number of nitrogens with zero attached hydrogens (tertiary/aromatic N) is 2. The van der Waals surface area contributed by atoms with Crippen molar-refractivity contribution in [3.63, 3.8) is 0 Å². The van der Waals surface area contributed by atoms with Crippen LogP contribution in [0.3, 0.4) is 0 Å². The van der Waals surface area contributed by atoms with Crippen molar-refractivity contribution in [2.75, 3.05) is 20.8 Å². The summed E-state index contributed by atoms with van der Waals surface area (Å²) in [4.78, 5) is 20.6. The molecular weight excluding hydrogens is 366 g/mol. The van der Waals surface area contributed by atoms with Crippen molar-refractivity contribution >= 4 is 32.9 Å². The smallest absolute Gasteiger partial charge is 0.323 e. The van der Waals surface area contributed by atoms with Gasteiger partial charge in [-0.25, -0.2) is 9.97 Å². The molecule has 0 fully saturated rings. The fourth-order valence-corrected chi connectivity index (χ4v) is 2.65. The van der Waals surface area contributed by atoms with Crippen LogP contribution >= 0.6 is 15.9 Å². The minimum Gasteiger partial charge on any atom is -0.477 e. The third-order valence-corrected chi connectivity index (χ3v) is 3.63. The van der Waals surface area contributed by atoms with E-state index in [1.807, 2.05) is 12.1 Å². The summed E-state index contributed by atoms with van der Waals surface area (Å²) >= 11 is 3.43. The van der Waals surface area contributed by atoms with Crippen LogP contribution in [0, 0.1) is 0 Å². The van der Waals surface area contributed by atoms with E-state index in [4.69, 9.17) is 19.9 Å². The Morgan fingerprint density at radius 1 is 1.26 bits per heavy atom. The van der Waals surface area contributed by atoms with Crippen LogP contribution in [0.5, 0.6) is 11.8 Å². The predicted molar refractivity (Wildman–Crippen MR) is 88.7 cm³/mol. The topological polar surface area (TPSA) is 96.6 Å². The van der Waals surface area contributed by atoms with Gasteiger partial charge in [-0.1, -0.05) is 15.9 Å². The number of hydrogen-bond acceptors (Lipinski definition) is 7. The van der Waals surface area contributed by atoms with Crippen LogP contribution < -0.4 is 15.2 Å². The third kappa shape index (κ3) is 3.89. The number of esters is 1. The molecule has 0 spiro atoms. The molecule has 2 N–H and O–H groups in total. The van der Waals surface area contributed by atoms with Gasteiger partial charge in [0.05, 0.1) is 31.9 Å². The van der Waals surface area contributed by atoms with Gasteiger partial charge in [0.15, 0.2) is 0 Å². The molecule has 0 saturated heterocycles. The molecule has 7 nitrogen and oxygen atoms in total. The molecule has 8 heteroatoms. The van der Waals surface area contributed by atoms with E-state index in [2.05, 4.69) is 25.9 Å². The first-order valence-electron chi connectivity index (χ1n) is 7.00. The van der Waals surface area contributed by atoms with E-state index in [0.717, 1.165) is 10.0 Å². The lowest BCUT2D eigenvalue weighted by atomic mass is 10.0. The molecule has 0 aliphatic heterocycles. The summed E-state index contributed by atoms with van der Waals surface area (Å²) in [7, 11) is 2.98. The Morgan fingerprint density at radius 2 is 1.91 bits per heavy atom. The fraction of sp³-hybridized carbons (Fsp3) is 0.400. The number of benzene rings is 1. The van der Waals surface area contributed by atoms with Gasteiger partial charge in [-0.15, -0.1) is 0 Å². The van der Waals surface area contributed by atoms with Crippen LogP contribution in [0.4, 0.5) is 0 Å². The Morgan fingerprint density at radius 3 is 2.52 bits per heavy atom. The number of methoxy groups -OCH3 is 2. The number of fused-ring (bicyclic) bond motifs is 1. The predicted octanol–water partition coefficient (Wildman–Crippen LogP) is 1.84. The van der Waals surface area contributed by atoms with Crippen LogP contribution in [0.1, 0.15) is 12.5 Å². The average Bonchev–Trinajstić information content (AvgIpc) is 2.53. The van der Waals surface area contributed by atoms with Crippen LogP contribution in [0.15, 0.2) is 16.6 Å². The number of halogens is 1. The summed E-state index contributed by atoms with van der Waals surface area (Å²) in [6, 6.07) is 2.88. The second-order valence-electron chi connectivity index (χ2n) is 4.74. The van der Waals surface area contributed by atoms with Gasteiger partial charge >= 0.3 is 5.97 Å². The normalized spacial score (nSPS) is 12.0. The van der Waals surface area contributed by atoms with Crippen molar-refractivity contribution in [3.8, 4) is 11.8 Å². The highest BCUT2D eigenvalue weighted by Gasteiger charge is 2.19. The van der Waals surface area contributed by atoms with Crippen LogP contribution in [-0.2, 0) is 16.0 Å². The lowest BCUT2D eigenvalue weighted by Crippen LogP contribution is -2.34. The van der Waals surface area contributed by atoms with Gasteiger partial charge in [-0.3, -0.25) is 4.79 Å². The second-order valence-corrected chi connectivity index (χ2v) is 5.65. The first-order valence-corrected chi connectivity index (χ1v) is 7.79. The highest BCUT2D eigenvalue weighted by molar-refractivity contribution is 9.10. The molecule has 1 aromatic carbocycles. The van der Waals surface area contributed by atoms with E-state index < -0.39 is 12.0 Å². The van der Waals surface area contributed by atoms with E-state index in [9.17, 15) is 4.79 Å². The number of carbonyl (C=O) groups excluding carboxylic acids is 1. The standard InChI is InChI=1S/C15H18BrN3O4/c1-4-23-15(20)10(17)6-8-5-9(16)7-11-12(8)19-14(22-3)13(18-11)21-2/h5,7,10H,4,6,17H2,1-3H3. The molecule has 1 aromatic heterocycles. The number of aromatic nitrogens is 2. The minimum atomic E-state index is -0.776. The van der Waals surface area contributed by atoms with Crippen LogP contribution in [-0.4, -0.2) is 42.8 Å². The Kier molecular flexibility index (Phi) is 5.73. The molecule has 1 unspecified atom stereocenters. The van der Waals surface area contributed by atoms with Gasteiger partial charge in [0, 0.05) is 10.9 Å². The maximum Gasteiger partial charge on any atom is 0.323 e. The van der Waals surface area contributed by atoms with Gasteiger partial charge in [-0.05, 0) is 24.6 Å². The SMILES string of the molecule is CCOC(=O)C(N)Cc1cc(Br)cc2nc(OC)c(OC)nc12. The van der Waals surface area contributed by atoms with Gasteiger partial charge in [0.25, 0.3) is 11.8 Å². The van der Waals surface area contributed by atoms with Gasteiger partial charge in [0.1, 0.15) is 6.04 Å². The van der Waals surface area contributed by atoms with E-state index in [0.29, 0.717) is 16.9 Å². The molecule has 1 atom stereocenters. The highest BCUT2D eigenvalue weighted by Crippen LogP contribution is 2.29. The maximum atomic E-state index is 11.8. The lowest BCUT2D eigenvalue weighted by Gasteiger charge is -2.14. The summed E-state index contributed by atoms with van der Waals surface area (Å²) in [5, 5.41) is 0. The average molecular weight is 384 g/mol. The van der Waals surface area contributed by atoms with E-state index in [-0.39, 0.29) is 18.9 Å². The summed E-state index contributed by atoms with van der Waals surface area (Å²) in [6.07, 6.45) is 0.277. The zero-order valence-corrected chi connectivity index (χ0v) is 14.7. The Hall–Kier alpha value is -1.93. The minimum absolute atomic E-state index is 0.272. The molecule has 23 heavy (non-hydrogen) atoms. The third-order valence-electron chi connectivity index (χ3n) is 3.17. The van der Waals surface area contributed by atoms with Crippen molar-refractivity contribution in [1.82, 2.24) is 9.97 Å². The summed E-state index contributed by atoms with van der Waals surface area (Å²) in [5.74, 6) is 0.112. The molecule has 0 bridgehead atoms. The van der Waals surface area contributed by atoms with Gasteiger partial charge in [-0.2, -0.15) is 0 Å². The lowest BCUT2D eigenvalue weighted by molar-refractivity contribution is -0.144. The number of carbonyl (C=O) groups is 1. The molecule has 2 aromatic rings. The molecule has 0 radical (unpaired) electrons. The summed E-state index contributed by atoms with van der Waals surface area (Å²) in [6.45, 7) is 2.03. The molecule has 0 aliphatic carbocycles. The van der Waals surface area contributed by atoms with Crippen LogP contribution in [0.25, 0.3) is 11.0 Å². The zero-order valence-electron chi connectivity index (χ0n) is 13.1. The zero-order chi connectivity index (χ0) is 17.0. The van der Waals surface area contributed by atoms with Crippen molar-refractivity contribution in [2.45, 2.75) is 19.4 Å². The highest BCUT2D eigenvalue weighted by atomic mass is 79.9. The Balaban J connectivity index is 2.48. The number of rotatable bonds is 6.